The van der Waals surface area contributed by atoms with Crippen LogP contribution in [-0.4, -0.2) is 25.8 Å². The number of aromatic amines is 1. The Balaban J connectivity index is 2.39. The van der Waals surface area contributed by atoms with Crippen LogP contribution in [0.4, 0.5) is 11.4 Å². The molecule has 0 aliphatic rings. The topological polar surface area (TPSA) is 114 Å². The lowest BCUT2D eigenvalue weighted by molar-refractivity contribution is -0.384. The summed E-state index contributed by atoms with van der Waals surface area (Å²) in [5, 5.41) is 20.8. The van der Waals surface area contributed by atoms with E-state index in [9.17, 15) is 20.0 Å². The van der Waals surface area contributed by atoms with Crippen LogP contribution in [0.25, 0.3) is 0 Å². The largest absolute Gasteiger partial charge is 0.494 e. The number of nitrogens with zero attached hydrogens (tertiary/aromatic N) is 3. The average molecular weight is 334 g/mol. The summed E-state index contributed by atoms with van der Waals surface area (Å²) in [5.74, 6) is -0.258. The van der Waals surface area contributed by atoms with E-state index in [0.29, 0.717) is 12.2 Å². The molecular weight excluding hydrogens is 320 g/mol. The van der Waals surface area contributed by atoms with Crippen LogP contribution in [0.15, 0.2) is 34.1 Å². The molecule has 0 fully saturated rings. The third kappa shape index (κ3) is 3.69. The molecule has 0 aliphatic heterocycles. The number of hydrogen-bond donors (Lipinski definition) is 2. The van der Waals surface area contributed by atoms with Crippen LogP contribution in [0.2, 0.25) is 0 Å². The van der Waals surface area contributed by atoms with Gasteiger partial charge in [0.25, 0.3) is 11.2 Å². The quantitative estimate of drug-likeness (QED) is 0.378. The number of non-ortho nitro benzene ring substituents is 1. The first-order valence-corrected chi connectivity index (χ1v) is 7.19. The van der Waals surface area contributed by atoms with Gasteiger partial charge in [-0.2, -0.15) is 0 Å². The van der Waals surface area contributed by atoms with Crippen LogP contribution in [-0.2, 0) is 6.54 Å². The maximum atomic E-state index is 11.9. The van der Waals surface area contributed by atoms with Crippen molar-refractivity contribution < 1.29 is 10.0 Å². The minimum atomic E-state index is -0.550. The Morgan fingerprint density at radius 1 is 1.43 bits per heavy atom. The first-order chi connectivity index (χ1) is 10.9. The molecule has 0 bridgehead atoms. The molecular formula is C14H14N4O4S. The monoisotopic (exact) mass is 334 g/mol. The van der Waals surface area contributed by atoms with Gasteiger partial charge in [-0.25, -0.2) is 0 Å². The van der Waals surface area contributed by atoms with Gasteiger partial charge in [0.1, 0.15) is 5.56 Å². The second kappa shape index (κ2) is 6.97. The highest BCUT2D eigenvalue weighted by Gasteiger charge is 2.10. The van der Waals surface area contributed by atoms with Crippen molar-refractivity contribution in [1.29, 1.82) is 0 Å². The van der Waals surface area contributed by atoms with Gasteiger partial charge in [-0.05, 0) is 30.8 Å². The number of rotatable bonds is 5. The Morgan fingerprint density at radius 3 is 2.65 bits per heavy atom. The van der Waals surface area contributed by atoms with Crippen molar-refractivity contribution >= 4 is 29.8 Å². The first kappa shape index (κ1) is 16.6. The Kier molecular flexibility index (Phi) is 5.02. The summed E-state index contributed by atoms with van der Waals surface area (Å²) in [6, 6.07) is 5.50. The third-order valence-corrected chi connectivity index (χ3v) is 3.38. The number of nitrogens with one attached hydrogen (secondary N) is 1. The van der Waals surface area contributed by atoms with Crippen LogP contribution >= 0.6 is 12.2 Å². The van der Waals surface area contributed by atoms with E-state index in [0.717, 1.165) is 6.42 Å². The molecule has 1 aromatic heterocycles. The summed E-state index contributed by atoms with van der Waals surface area (Å²) in [4.78, 5) is 28.5. The molecule has 0 saturated heterocycles. The Hall–Kier alpha value is -2.81. The molecule has 8 nitrogen and oxygen atoms in total. The van der Waals surface area contributed by atoms with E-state index in [1.807, 2.05) is 6.92 Å². The fourth-order valence-corrected chi connectivity index (χ4v) is 2.19. The molecule has 9 heteroatoms. The van der Waals surface area contributed by atoms with Crippen molar-refractivity contribution in [1.82, 2.24) is 9.55 Å². The number of H-pyrrole nitrogens is 1. The summed E-state index contributed by atoms with van der Waals surface area (Å²) in [7, 11) is 0. The van der Waals surface area contributed by atoms with Gasteiger partial charge in [-0.3, -0.25) is 29.5 Å². The molecule has 1 heterocycles. The van der Waals surface area contributed by atoms with E-state index in [1.165, 1.54) is 35.0 Å². The lowest BCUT2D eigenvalue weighted by Gasteiger charge is -2.09. The van der Waals surface area contributed by atoms with Crippen molar-refractivity contribution in [2.45, 2.75) is 19.9 Å². The molecule has 0 spiro atoms. The van der Waals surface area contributed by atoms with E-state index >= 15 is 0 Å². The highest BCUT2D eigenvalue weighted by Crippen LogP contribution is 2.18. The van der Waals surface area contributed by atoms with Crippen LogP contribution in [0, 0.1) is 14.9 Å². The van der Waals surface area contributed by atoms with Crippen molar-refractivity contribution in [2.75, 3.05) is 0 Å². The fraction of sp³-hybridized carbons (Fsp3) is 0.214. The number of aliphatic imine (C=N–C) groups is 1. The standard InChI is InChI=1S/C14H14N4O4S/c1-2-7-17-13(20)11(12(19)16-14(17)23)8-15-9-3-5-10(6-4-9)18(21)22/h3-6,8,20H,2,7H2,1H3,(H,16,19,23). The number of aromatic nitrogens is 2. The van der Waals surface area contributed by atoms with Gasteiger partial charge in [-0.15, -0.1) is 0 Å². The molecule has 0 amide bonds. The summed E-state index contributed by atoms with van der Waals surface area (Å²) in [6.45, 7) is 2.37. The van der Waals surface area contributed by atoms with Crippen LogP contribution in [0.1, 0.15) is 18.9 Å². The van der Waals surface area contributed by atoms with Crippen molar-refractivity contribution in [3.05, 3.63) is 55.1 Å². The van der Waals surface area contributed by atoms with Crippen LogP contribution in [0.5, 0.6) is 5.88 Å². The van der Waals surface area contributed by atoms with Gasteiger partial charge in [0.05, 0.1) is 10.6 Å². The Labute approximate surface area is 135 Å². The molecule has 0 saturated carbocycles. The normalized spacial score (nSPS) is 11.0. The third-order valence-electron chi connectivity index (χ3n) is 3.06. The zero-order chi connectivity index (χ0) is 17.0. The second-order valence-corrected chi connectivity index (χ2v) is 5.07. The molecule has 2 N–H and O–H groups in total. The maximum Gasteiger partial charge on any atom is 0.269 e. The summed E-state index contributed by atoms with van der Waals surface area (Å²) in [6.07, 6.45) is 1.93. The number of benzene rings is 1. The highest BCUT2D eigenvalue weighted by atomic mass is 32.1. The molecule has 0 aliphatic carbocycles. The van der Waals surface area contributed by atoms with E-state index in [4.69, 9.17) is 12.2 Å². The Bertz CT molecular complexity index is 868. The maximum absolute atomic E-state index is 11.9. The van der Waals surface area contributed by atoms with Gasteiger partial charge in [0.15, 0.2) is 4.77 Å². The van der Waals surface area contributed by atoms with Crippen LogP contribution in [0.3, 0.4) is 0 Å². The zero-order valence-corrected chi connectivity index (χ0v) is 13.0. The van der Waals surface area contributed by atoms with E-state index in [-0.39, 0.29) is 21.9 Å². The molecule has 0 atom stereocenters. The van der Waals surface area contributed by atoms with Crippen molar-refractivity contribution in [3.8, 4) is 5.88 Å². The number of aromatic hydroxyl groups is 1. The van der Waals surface area contributed by atoms with E-state index in [1.54, 1.807) is 0 Å². The smallest absolute Gasteiger partial charge is 0.269 e. The molecule has 120 valence electrons. The number of nitro groups is 1. The summed E-state index contributed by atoms with van der Waals surface area (Å²) in [5.41, 5.74) is -0.212. The van der Waals surface area contributed by atoms with Crippen LogP contribution < -0.4 is 5.56 Å². The summed E-state index contributed by atoms with van der Waals surface area (Å²) >= 11 is 5.01. The van der Waals surface area contributed by atoms with Crippen molar-refractivity contribution in [3.63, 3.8) is 0 Å². The lowest BCUT2D eigenvalue weighted by atomic mass is 10.3. The summed E-state index contributed by atoms with van der Waals surface area (Å²) < 4.78 is 1.55. The fourth-order valence-electron chi connectivity index (χ4n) is 1.92. The molecule has 2 aromatic rings. The second-order valence-electron chi connectivity index (χ2n) is 4.68. The highest BCUT2D eigenvalue weighted by molar-refractivity contribution is 7.71. The predicted octanol–water partition coefficient (Wildman–Crippen LogP) is 2.68. The lowest BCUT2D eigenvalue weighted by Crippen LogP contribution is -2.18. The molecule has 1 aromatic carbocycles. The van der Waals surface area contributed by atoms with Crippen molar-refractivity contribution in [2.24, 2.45) is 4.99 Å². The Morgan fingerprint density at radius 2 is 2.09 bits per heavy atom. The van der Waals surface area contributed by atoms with Gasteiger partial charge in [0, 0.05) is 24.9 Å². The molecule has 23 heavy (non-hydrogen) atoms. The molecule has 0 radical (unpaired) electrons. The number of nitro benzene ring substituents is 1. The van der Waals surface area contributed by atoms with Gasteiger partial charge in [0.2, 0.25) is 5.88 Å². The van der Waals surface area contributed by atoms with Gasteiger partial charge < -0.3 is 5.11 Å². The minimum absolute atomic E-state index is 0.0228. The first-order valence-electron chi connectivity index (χ1n) is 6.78. The zero-order valence-electron chi connectivity index (χ0n) is 12.2. The predicted molar refractivity (Wildman–Crippen MR) is 88.2 cm³/mol. The van der Waals surface area contributed by atoms with Gasteiger partial charge >= 0.3 is 0 Å². The molecule has 0 unspecified atom stereocenters. The number of hydrogen-bond acceptors (Lipinski definition) is 6. The SMILES string of the molecule is CCCn1c(O)c(C=Nc2ccc([N+](=O)[O-])cc2)c(=O)[nH]c1=S. The van der Waals surface area contributed by atoms with Gasteiger partial charge in [-0.1, -0.05) is 6.92 Å². The average Bonchev–Trinajstić information content (AvgIpc) is 2.51. The minimum Gasteiger partial charge on any atom is -0.494 e. The van der Waals surface area contributed by atoms with E-state index < -0.39 is 10.5 Å². The molecule has 2 rings (SSSR count). The van der Waals surface area contributed by atoms with E-state index in [2.05, 4.69) is 9.98 Å².